The van der Waals surface area contributed by atoms with Crippen LogP contribution in [0.15, 0.2) is 41.3 Å². The van der Waals surface area contributed by atoms with E-state index in [-0.39, 0.29) is 33.4 Å². The van der Waals surface area contributed by atoms with E-state index in [4.69, 9.17) is 14.2 Å². The molecule has 9 nitrogen and oxygen atoms in total. The van der Waals surface area contributed by atoms with Gasteiger partial charge >= 0.3 is 5.69 Å². The molecule has 0 fully saturated rings. The average Bonchev–Trinajstić information content (AvgIpc) is 3.03. The molecule has 158 valence electrons. The fraction of sp³-hybridized carbons (Fsp3) is 0.250. The molecule has 2 aromatic rings. The molecule has 0 bridgehead atoms. The summed E-state index contributed by atoms with van der Waals surface area (Å²) in [4.78, 5) is 23.3. The van der Waals surface area contributed by atoms with Crippen LogP contribution in [0.4, 0.5) is 5.69 Å². The van der Waals surface area contributed by atoms with Crippen molar-refractivity contribution in [3.8, 4) is 17.2 Å². The van der Waals surface area contributed by atoms with Crippen molar-refractivity contribution in [1.29, 1.82) is 0 Å². The van der Waals surface area contributed by atoms with Gasteiger partial charge in [-0.1, -0.05) is 19.1 Å². The maximum absolute atomic E-state index is 12.8. The van der Waals surface area contributed by atoms with Gasteiger partial charge in [0.05, 0.1) is 24.2 Å². The Bertz CT molecular complexity index is 1140. The van der Waals surface area contributed by atoms with Crippen LogP contribution in [0.25, 0.3) is 6.08 Å². The van der Waals surface area contributed by atoms with Crippen LogP contribution in [-0.2, 0) is 9.84 Å². The number of methoxy groups -OCH3 is 1. The smallest absolute Gasteiger partial charge is 0.311 e. The molecular formula is C20H19NO8S. The minimum absolute atomic E-state index is 0.0140. The Morgan fingerprint density at radius 2 is 2.03 bits per heavy atom. The molecule has 0 aromatic heterocycles. The molecule has 0 aliphatic carbocycles. The van der Waals surface area contributed by atoms with Gasteiger partial charge in [-0.25, -0.2) is 8.42 Å². The lowest BCUT2D eigenvalue weighted by Gasteiger charge is -2.10. The molecule has 10 heteroatoms. The highest BCUT2D eigenvalue weighted by atomic mass is 32.2. The number of benzene rings is 2. The summed E-state index contributed by atoms with van der Waals surface area (Å²) in [5.41, 5.74) is 0.334. The monoisotopic (exact) mass is 433 g/mol. The number of carbonyl (C=O) groups is 1. The predicted octanol–water partition coefficient (Wildman–Crippen LogP) is 3.41. The van der Waals surface area contributed by atoms with Crippen molar-refractivity contribution in [3.63, 3.8) is 0 Å². The highest BCUT2D eigenvalue weighted by Crippen LogP contribution is 2.37. The Kier molecular flexibility index (Phi) is 6.06. The fourth-order valence-electron chi connectivity index (χ4n) is 2.84. The van der Waals surface area contributed by atoms with Gasteiger partial charge in [0, 0.05) is 12.1 Å². The van der Waals surface area contributed by atoms with Crippen LogP contribution in [0.3, 0.4) is 0 Å². The molecule has 0 saturated carbocycles. The van der Waals surface area contributed by atoms with Crippen LogP contribution in [0.2, 0.25) is 0 Å². The van der Waals surface area contributed by atoms with Gasteiger partial charge in [0.1, 0.15) is 16.4 Å². The average molecular weight is 433 g/mol. The third kappa shape index (κ3) is 4.28. The molecular weight excluding hydrogens is 414 g/mol. The van der Waals surface area contributed by atoms with Crippen molar-refractivity contribution in [2.45, 2.75) is 18.2 Å². The Labute approximate surface area is 172 Å². The molecule has 30 heavy (non-hydrogen) atoms. The number of ketones is 1. The molecule has 0 N–H and O–H groups in total. The van der Waals surface area contributed by atoms with Crippen LogP contribution < -0.4 is 14.2 Å². The summed E-state index contributed by atoms with van der Waals surface area (Å²) >= 11 is 0. The van der Waals surface area contributed by atoms with Crippen molar-refractivity contribution >= 4 is 27.4 Å². The second-order valence-electron chi connectivity index (χ2n) is 6.41. The maximum Gasteiger partial charge on any atom is 0.311 e. The lowest BCUT2D eigenvalue weighted by molar-refractivity contribution is -0.385. The highest BCUT2D eigenvalue weighted by Gasteiger charge is 2.31. The fourth-order valence-corrected chi connectivity index (χ4v) is 3.96. The minimum Gasteiger partial charge on any atom is -0.493 e. The topological polar surface area (TPSA) is 122 Å². The number of nitrogens with zero attached hydrogens (tertiary/aromatic N) is 1. The van der Waals surface area contributed by atoms with E-state index >= 15 is 0 Å². The maximum atomic E-state index is 12.8. The van der Waals surface area contributed by atoms with Gasteiger partial charge in [-0.05, 0) is 30.2 Å². The standard InChI is InChI=1S/C20H19NO8S/c1-3-8-28-18-11-20-19(29-12-30(20,25)26)10-14(18)16(22)6-4-13-5-7-17(27-2)15(9-13)21(23)24/h4-7,9-11H,3,8,12H2,1-2H3/b6-4+. The number of sulfone groups is 1. The molecule has 1 aliphatic rings. The number of ether oxygens (including phenoxy) is 3. The van der Waals surface area contributed by atoms with Crippen LogP contribution in [-0.4, -0.2) is 38.8 Å². The van der Waals surface area contributed by atoms with Crippen molar-refractivity contribution in [2.24, 2.45) is 0 Å². The largest absolute Gasteiger partial charge is 0.493 e. The van der Waals surface area contributed by atoms with E-state index in [1.165, 1.54) is 43.5 Å². The molecule has 3 rings (SSSR count). The van der Waals surface area contributed by atoms with E-state index < -0.39 is 26.5 Å². The zero-order valence-corrected chi connectivity index (χ0v) is 17.1. The van der Waals surface area contributed by atoms with E-state index in [9.17, 15) is 23.3 Å². The Balaban J connectivity index is 1.95. The van der Waals surface area contributed by atoms with Gasteiger partial charge < -0.3 is 14.2 Å². The highest BCUT2D eigenvalue weighted by molar-refractivity contribution is 7.91. The SMILES string of the molecule is CCCOc1cc2c(cc1C(=O)/C=C/c1ccc(OC)c([N+](=O)[O-])c1)OCS2(=O)=O. The third-order valence-electron chi connectivity index (χ3n) is 4.30. The Hall–Kier alpha value is -3.40. The first-order valence-electron chi connectivity index (χ1n) is 8.98. The van der Waals surface area contributed by atoms with Crippen LogP contribution in [0.5, 0.6) is 17.2 Å². The van der Waals surface area contributed by atoms with Crippen LogP contribution in [0, 0.1) is 10.1 Å². The van der Waals surface area contributed by atoms with Crippen LogP contribution in [0.1, 0.15) is 29.3 Å². The van der Waals surface area contributed by atoms with Crippen LogP contribution >= 0.6 is 0 Å². The summed E-state index contributed by atoms with van der Waals surface area (Å²) in [6.07, 6.45) is 3.32. The zero-order chi connectivity index (χ0) is 21.9. The van der Waals surface area contributed by atoms with E-state index in [1.807, 2.05) is 6.92 Å². The first-order valence-corrected chi connectivity index (χ1v) is 10.6. The molecule has 0 atom stereocenters. The normalized spacial score (nSPS) is 14.2. The van der Waals surface area contributed by atoms with Crippen molar-refractivity contribution < 1.29 is 32.3 Å². The zero-order valence-electron chi connectivity index (χ0n) is 16.3. The molecule has 0 radical (unpaired) electrons. The van der Waals surface area contributed by atoms with Gasteiger partial charge in [0.25, 0.3) is 0 Å². The summed E-state index contributed by atoms with van der Waals surface area (Å²) < 4.78 is 39.9. The van der Waals surface area contributed by atoms with Gasteiger partial charge in [0.2, 0.25) is 9.84 Å². The van der Waals surface area contributed by atoms with E-state index in [1.54, 1.807) is 6.07 Å². The minimum atomic E-state index is -3.58. The van der Waals surface area contributed by atoms with Crippen molar-refractivity contribution in [1.82, 2.24) is 0 Å². The summed E-state index contributed by atoms with van der Waals surface area (Å²) in [5, 5.41) is 11.2. The lowest BCUT2D eigenvalue weighted by atomic mass is 10.1. The quantitative estimate of drug-likeness (QED) is 0.269. The van der Waals surface area contributed by atoms with E-state index in [0.717, 1.165) is 0 Å². The van der Waals surface area contributed by atoms with Gasteiger partial charge in [-0.3, -0.25) is 14.9 Å². The number of hydrogen-bond acceptors (Lipinski definition) is 8. The first-order chi connectivity index (χ1) is 14.3. The number of fused-ring (bicyclic) bond motifs is 1. The lowest BCUT2D eigenvalue weighted by Crippen LogP contribution is -2.05. The predicted molar refractivity (Wildman–Crippen MR) is 108 cm³/mol. The van der Waals surface area contributed by atoms with Crippen molar-refractivity contribution in [2.75, 3.05) is 19.7 Å². The van der Waals surface area contributed by atoms with E-state index in [0.29, 0.717) is 18.6 Å². The number of allylic oxidation sites excluding steroid dienone is 1. The first kappa shape index (κ1) is 21.3. The van der Waals surface area contributed by atoms with E-state index in [2.05, 4.69) is 0 Å². The molecule has 2 aromatic carbocycles. The number of carbonyl (C=O) groups excluding carboxylic acids is 1. The molecule has 0 saturated heterocycles. The number of nitro groups is 1. The summed E-state index contributed by atoms with van der Waals surface area (Å²) in [6.45, 7) is 2.18. The molecule has 0 amide bonds. The second-order valence-corrected chi connectivity index (χ2v) is 8.31. The summed E-state index contributed by atoms with van der Waals surface area (Å²) in [6, 6.07) is 6.94. The molecule has 0 unspecified atom stereocenters. The molecule has 1 heterocycles. The number of hydrogen-bond donors (Lipinski definition) is 0. The Morgan fingerprint density at radius 1 is 1.27 bits per heavy atom. The van der Waals surface area contributed by atoms with Gasteiger partial charge in [-0.2, -0.15) is 0 Å². The van der Waals surface area contributed by atoms with Crippen molar-refractivity contribution in [3.05, 3.63) is 57.6 Å². The second kappa shape index (κ2) is 8.54. The summed E-state index contributed by atoms with van der Waals surface area (Å²) in [5.74, 6) is -0.611. The molecule has 0 spiro atoms. The Morgan fingerprint density at radius 3 is 2.70 bits per heavy atom. The molecule has 1 aliphatic heterocycles. The number of nitro benzene ring substituents is 1. The van der Waals surface area contributed by atoms with Gasteiger partial charge in [-0.15, -0.1) is 0 Å². The number of rotatable bonds is 8. The summed E-state index contributed by atoms with van der Waals surface area (Å²) in [7, 11) is -2.25. The third-order valence-corrected chi connectivity index (χ3v) is 5.72. The van der Waals surface area contributed by atoms with Gasteiger partial charge in [0.15, 0.2) is 17.5 Å².